The van der Waals surface area contributed by atoms with Crippen molar-refractivity contribution in [2.75, 3.05) is 13.2 Å². The Bertz CT molecular complexity index is 910. The molecule has 0 aromatic carbocycles. The highest BCUT2D eigenvalue weighted by molar-refractivity contribution is 7.46. The number of unbranched alkanes of at least 4 members (excludes halogenated alkanes) is 21. The Labute approximate surface area is 306 Å². The van der Waals surface area contributed by atoms with Crippen molar-refractivity contribution in [3.05, 3.63) is 36.5 Å². The maximum absolute atomic E-state index is 12.4. The summed E-state index contributed by atoms with van der Waals surface area (Å²) in [6.45, 7) is 3.64. The number of ether oxygens (including phenoxy) is 2. The predicted octanol–water partition coefficient (Wildman–Crippen LogP) is 12.2. The predicted molar refractivity (Wildman–Crippen MR) is 207 cm³/mol. The summed E-state index contributed by atoms with van der Waals surface area (Å²) in [6.07, 6.45) is 43.0. The molecule has 8 nitrogen and oxygen atoms in total. The zero-order valence-corrected chi connectivity index (χ0v) is 32.9. The highest BCUT2D eigenvalue weighted by atomic mass is 31.2. The zero-order valence-electron chi connectivity index (χ0n) is 32.0. The van der Waals surface area contributed by atoms with Gasteiger partial charge in [0, 0.05) is 12.8 Å². The van der Waals surface area contributed by atoms with Gasteiger partial charge in [-0.3, -0.25) is 14.1 Å². The van der Waals surface area contributed by atoms with Crippen LogP contribution in [0.2, 0.25) is 0 Å². The minimum atomic E-state index is -4.76. The molecule has 50 heavy (non-hydrogen) atoms. The first-order chi connectivity index (χ1) is 24.3. The molecule has 0 amide bonds. The molecule has 1 atom stereocenters. The second-order valence-corrected chi connectivity index (χ2v) is 14.9. The lowest BCUT2D eigenvalue weighted by molar-refractivity contribution is -0.161. The van der Waals surface area contributed by atoms with E-state index in [-0.39, 0.29) is 19.4 Å². The molecule has 0 saturated carbocycles. The van der Waals surface area contributed by atoms with Crippen molar-refractivity contribution >= 4 is 19.8 Å². The van der Waals surface area contributed by atoms with Gasteiger partial charge in [0.15, 0.2) is 6.10 Å². The van der Waals surface area contributed by atoms with Crippen LogP contribution in [0.3, 0.4) is 0 Å². The fourth-order valence-corrected chi connectivity index (χ4v) is 5.98. The minimum Gasteiger partial charge on any atom is -0.462 e. The second-order valence-electron chi connectivity index (χ2n) is 13.6. The number of phosphoric acid groups is 1. The van der Waals surface area contributed by atoms with E-state index in [1.165, 1.54) is 116 Å². The molecule has 0 aromatic heterocycles. The van der Waals surface area contributed by atoms with Gasteiger partial charge in [-0.15, -0.1) is 0 Å². The third-order valence-corrected chi connectivity index (χ3v) is 9.15. The first-order valence-corrected chi connectivity index (χ1v) is 21.8. The molecule has 0 unspecified atom stereocenters. The van der Waals surface area contributed by atoms with E-state index in [1.807, 2.05) is 6.08 Å². The van der Waals surface area contributed by atoms with Crippen LogP contribution >= 0.6 is 7.82 Å². The number of phosphoric ester groups is 1. The van der Waals surface area contributed by atoms with E-state index < -0.39 is 32.5 Å². The van der Waals surface area contributed by atoms with E-state index in [4.69, 9.17) is 19.3 Å². The van der Waals surface area contributed by atoms with Crippen LogP contribution in [0.5, 0.6) is 0 Å². The van der Waals surface area contributed by atoms with Gasteiger partial charge in [0.1, 0.15) is 6.61 Å². The lowest BCUT2D eigenvalue weighted by atomic mass is 10.0. The number of hydrogen-bond donors (Lipinski definition) is 2. The molecule has 0 fully saturated rings. The zero-order chi connectivity index (χ0) is 36.8. The monoisotopic (exact) mass is 727 g/mol. The van der Waals surface area contributed by atoms with E-state index in [9.17, 15) is 14.2 Å². The Hall–Kier alpha value is -1.73. The number of esters is 2. The molecule has 0 spiro atoms. The molecule has 0 heterocycles. The van der Waals surface area contributed by atoms with E-state index >= 15 is 0 Å². The van der Waals surface area contributed by atoms with Gasteiger partial charge in [-0.25, -0.2) is 4.57 Å². The van der Waals surface area contributed by atoms with Gasteiger partial charge in [0.05, 0.1) is 6.61 Å². The maximum Gasteiger partial charge on any atom is 0.469 e. The van der Waals surface area contributed by atoms with Gasteiger partial charge in [0.25, 0.3) is 0 Å². The van der Waals surface area contributed by atoms with Gasteiger partial charge in [-0.2, -0.15) is 0 Å². The Kier molecular flexibility index (Phi) is 35.8. The van der Waals surface area contributed by atoms with Gasteiger partial charge in [-0.05, 0) is 44.9 Å². The van der Waals surface area contributed by atoms with Crippen molar-refractivity contribution < 1.29 is 37.9 Å². The molecule has 0 aliphatic carbocycles. The second kappa shape index (κ2) is 37.0. The average molecular weight is 727 g/mol. The van der Waals surface area contributed by atoms with Crippen molar-refractivity contribution in [1.29, 1.82) is 0 Å². The number of allylic oxidation sites excluding steroid dienone is 6. The topological polar surface area (TPSA) is 119 Å². The molecule has 0 radical (unpaired) electrons. The largest absolute Gasteiger partial charge is 0.469 e. The van der Waals surface area contributed by atoms with Crippen LogP contribution in [0.1, 0.15) is 194 Å². The highest BCUT2D eigenvalue weighted by Crippen LogP contribution is 2.36. The molecule has 0 aliphatic rings. The Morgan fingerprint density at radius 1 is 0.520 bits per heavy atom. The summed E-state index contributed by atoms with van der Waals surface area (Å²) in [4.78, 5) is 42.7. The number of carbonyl (C=O) groups excluding carboxylic acids is 2. The first kappa shape index (κ1) is 48.3. The van der Waals surface area contributed by atoms with Crippen LogP contribution in [-0.2, 0) is 28.2 Å². The lowest BCUT2D eigenvalue weighted by Crippen LogP contribution is -2.29. The van der Waals surface area contributed by atoms with Crippen LogP contribution in [0, 0.1) is 0 Å². The normalized spacial score (nSPS) is 12.8. The number of carbonyl (C=O) groups is 2. The van der Waals surface area contributed by atoms with Crippen LogP contribution in [0.25, 0.3) is 0 Å². The standard InChI is InChI=1S/C41H75O8P/c1-3-5-7-9-11-13-15-17-19-20-22-24-26-28-30-32-34-36-41(43)49-39(38-48-50(44,45)46)37-47-40(42)35-33-31-29-27-25-23-21-18-16-14-12-10-8-6-4-2/h17,19,22,24,28,30,39H,3-16,18,20-21,23,25-27,29,31-38H2,1-2H3,(H2,44,45,46)/b19-17-,24-22-,30-28-/t39-/m1/s1. The van der Waals surface area contributed by atoms with Crippen molar-refractivity contribution in [2.45, 2.75) is 200 Å². The summed E-state index contributed by atoms with van der Waals surface area (Å²) in [7, 11) is -4.76. The molecule has 0 aromatic rings. The van der Waals surface area contributed by atoms with Crippen LogP contribution in [0.15, 0.2) is 36.5 Å². The minimum absolute atomic E-state index is 0.142. The molecular formula is C41H75O8P. The molecule has 0 bridgehead atoms. The summed E-state index contributed by atoms with van der Waals surface area (Å²) < 4.78 is 26.3. The molecule has 0 saturated heterocycles. The van der Waals surface area contributed by atoms with E-state index in [1.54, 1.807) is 0 Å². The van der Waals surface area contributed by atoms with E-state index in [0.29, 0.717) is 12.8 Å². The number of rotatable bonds is 37. The van der Waals surface area contributed by atoms with Crippen LogP contribution < -0.4 is 0 Å². The third kappa shape index (κ3) is 39.1. The van der Waals surface area contributed by atoms with Crippen LogP contribution in [-0.4, -0.2) is 41.0 Å². The summed E-state index contributed by atoms with van der Waals surface area (Å²) in [6, 6.07) is 0. The SMILES string of the molecule is CCCCCCCC/C=C\C/C=C\C/C=C\CCCC(=O)O[C@H](COC(=O)CCCCCCCCCCCCCCCCC)COP(=O)(O)O. The van der Waals surface area contributed by atoms with E-state index in [0.717, 1.165) is 38.5 Å². The van der Waals surface area contributed by atoms with Gasteiger partial charge < -0.3 is 19.3 Å². The molecule has 9 heteroatoms. The summed E-state index contributed by atoms with van der Waals surface area (Å²) in [5.41, 5.74) is 0. The number of hydrogen-bond acceptors (Lipinski definition) is 6. The Balaban J connectivity index is 4.01. The molecule has 292 valence electrons. The Morgan fingerprint density at radius 3 is 1.40 bits per heavy atom. The van der Waals surface area contributed by atoms with Crippen molar-refractivity contribution in [3.63, 3.8) is 0 Å². The third-order valence-electron chi connectivity index (χ3n) is 8.66. The van der Waals surface area contributed by atoms with Crippen molar-refractivity contribution in [1.82, 2.24) is 0 Å². The van der Waals surface area contributed by atoms with Gasteiger partial charge >= 0.3 is 19.8 Å². The quantitative estimate of drug-likeness (QED) is 0.0281. The smallest absolute Gasteiger partial charge is 0.462 e. The summed E-state index contributed by atoms with van der Waals surface area (Å²) >= 11 is 0. The fourth-order valence-electron chi connectivity index (χ4n) is 5.62. The fraction of sp³-hybridized carbons (Fsp3) is 0.805. The van der Waals surface area contributed by atoms with Crippen molar-refractivity contribution in [2.24, 2.45) is 0 Å². The first-order valence-electron chi connectivity index (χ1n) is 20.3. The molecule has 2 N–H and O–H groups in total. The average Bonchev–Trinajstić information content (AvgIpc) is 3.08. The molecule has 0 aliphatic heterocycles. The molecular weight excluding hydrogens is 651 g/mol. The van der Waals surface area contributed by atoms with Gasteiger partial charge in [-0.1, -0.05) is 172 Å². The van der Waals surface area contributed by atoms with Gasteiger partial charge in [0.2, 0.25) is 0 Å². The van der Waals surface area contributed by atoms with E-state index in [2.05, 4.69) is 48.8 Å². The van der Waals surface area contributed by atoms with Crippen molar-refractivity contribution in [3.8, 4) is 0 Å². The molecule has 0 rings (SSSR count). The summed E-state index contributed by atoms with van der Waals surface area (Å²) in [5.74, 6) is -0.941. The maximum atomic E-state index is 12.4. The van der Waals surface area contributed by atoms with Crippen LogP contribution in [0.4, 0.5) is 0 Å². The highest BCUT2D eigenvalue weighted by Gasteiger charge is 2.22. The Morgan fingerprint density at radius 2 is 0.920 bits per heavy atom. The lowest BCUT2D eigenvalue weighted by Gasteiger charge is -2.18. The summed E-state index contributed by atoms with van der Waals surface area (Å²) in [5, 5.41) is 0.